The van der Waals surface area contributed by atoms with Gasteiger partial charge in [-0.3, -0.25) is 9.59 Å². The minimum absolute atomic E-state index is 0.106. The lowest BCUT2D eigenvalue weighted by molar-refractivity contribution is 0.0999. The molecule has 0 spiro atoms. The molecule has 0 aliphatic rings. The summed E-state index contributed by atoms with van der Waals surface area (Å²) < 4.78 is 3.66. The van der Waals surface area contributed by atoms with Crippen LogP contribution < -0.4 is 16.5 Å². The Morgan fingerprint density at radius 2 is 2.03 bits per heavy atom. The van der Waals surface area contributed by atoms with Crippen molar-refractivity contribution in [3.8, 4) is 5.69 Å². The average molecular weight is 389 g/mol. The van der Waals surface area contributed by atoms with Crippen molar-refractivity contribution in [3.05, 3.63) is 77.2 Å². The maximum Gasteiger partial charge on any atom is 0.254 e. The highest BCUT2D eigenvalue weighted by molar-refractivity contribution is 5.96. The van der Waals surface area contributed by atoms with E-state index in [9.17, 15) is 9.59 Å². The number of nitrogens with zero attached hydrogens (tertiary/aromatic N) is 5. The first-order valence-corrected chi connectivity index (χ1v) is 9.11. The van der Waals surface area contributed by atoms with Crippen molar-refractivity contribution < 1.29 is 4.79 Å². The fourth-order valence-electron chi connectivity index (χ4n) is 3.04. The third kappa shape index (κ3) is 3.84. The number of para-hydroxylation sites is 1. The van der Waals surface area contributed by atoms with Gasteiger partial charge in [-0.15, -0.1) is 0 Å². The van der Waals surface area contributed by atoms with E-state index in [-0.39, 0.29) is 10.9 Å². The largest absolute Gasteiger partial charge is 0.365 e. The van der Waals surface area contributed by atoms with E-state index in [4.69, 9.17) is 5.73 Å². The summed E-state index contributed by atoms with van der Waals surface area (Å²) in [6.07, 6.45) is 9.11. The van der Waals surface area contributed by atoms with Gasteiger partial charge in [0, 0.05) is 43.6 Å². The van der Waals surface area contributed by atoms with Crippen LogP contribution in [0.3, 0.4) is 0 Å². The summed E-state index contributed by atoms with van der Waals surface area (Å²) in [5.41, 5.74) is 5.96. The zero-order valence-electron chi connectivity index (χ0n) is 15.5. The van der Waals surface area contributed by atoms with Gasteiger partial charge in [0.25, 0.3) is 5.91 Å². The van der Waals surface area contributed by atoms with Crippen LogP contribution in [0.25, 0.3) is 16.7 Å². The minimum Gasteiger partial charge on any atom is -0.365 e. The molecule has 0 atom stereocenters. The number of benzene rings is 1. The smallest absolute Gasteiger partial charge is 0.254 e. The van der Waals surface area contributed by atoms with Crippen molar-refractivity contribution in [3.63, 3.8) is 0 Å². The summed E-state index contributed by atoms with van der Waals surface area (Å²) in [5, 5.41) is 3.40. The molecule has 0 saturated carbocycles. The summed E-state index contributed by atoms with van der Waals surface area (Å²) in [7, 11) is 0. The molecule has 0 saturated heterocycles. The molecule has 4 aromatic rings. The molecule has 3 heterocycles. The predicted octanol–water partition coefficient (Wildman–Crippen LogP) is 1.58. The van der Waals surface area contributed by atoms with Gasteiger partial charge in [-0.1, -0.05) is 18.2 Å². The molecule has 0 aliphatic carbocycles. The van der Waals surface area contributed by atoms with Crippen LogP contribution in [0.2, 0.25) is 0 Å². The van der Waals surface area contributed by atoms with Gasteiger partial charge >= 0.3 is 0 Å². The molecule has 9 heteroatoms. The molecule has 1 aromatic carbocycles. The van der Waals surface area contributed by atoms with Crippen LogP contribution >= 0.6 is 0 Å². The molecule has 0 fully saturated rings. The first-order chi connectivity index (χ1) is 14.1. The molecule has 0 bridgehead atoms. The Hall–Kier alpha value is -4.01. The molecule has 0 aliphatic heterocycles. The second-order valence-corrected chi connectivity index (χ2v) is 6.45. The summed E-state index contributed by atoms with van der Waals surface area (Å²) >= 11 is 0. The number of nitrogens with one attached hydrogen (secondary N) is 1. The monoisotopic (exact) mass is 389 g/mol. The number of primary amides is 1. The normalized spacial score (nSPS) is 10.9. The Balaban J connectivity index is 1.68. The van der Waals surface area contributed by atoms with Crippen molar-refractivity contribution in [1.29, 1.82) is 0 Å². The van der Waals surface area contributed by atoms with Crippen molar-refractivity contribution >= 4 is 22.9 Å². The van der Waals surface area contributed by atoms with E-state index in [1.807, 2.05) is 41.1 Å². The van der Waals surface area contributed by atoms with Crippen molar-refractivity contribution in [1.82, 2.24) is 24.1 Å². The van der Waals surface area contributed by atoms with Gasteiger partial charge in [-0.25, -0.2) is 9.97 Å². The van der Waals surface area contributed by atoms with Crippen LogP contribution in [0.4, 0.5) is 5.95 Å². The highest BCUT2D eigenvalue weighted by Gasteiger charge is 2.16. The van der Waals surface area contributed by atoms with Gasteiger partial charge in [-0.05, 0) is 18.6 Å². The number of imidazole rings is 1. The summed E-state index contributed by atoms with van der Waals surface area (Å²) in [4.78, 5) is 37.1. The predicted molar refractivity (Wildman–Crippen MR) is 109 cm³/mol. The van der Waals surface area contributed by atoms with Gasteiger partial charge in [0.1, 0.15) is 5.56 Å². The van der Waals surface area contributed by atoms with Crippen molar-refractivity contribution in [2.45, 2.75) is 13.0 Å². The SMILES string of the molecule is NC(=O)c1cn(-c2ccccc2)c2nc(NCCCn3ccnc3)ncc2c1=O. The Morgan fingerprint density at radius 1 is 1.21 bits per heavy atom. The van der Waals surface area contributed by atoms with Crippen molar-refractivity contribution in [2.75, 3.05) is 11.9 Å². The number of pyridine rings is 1. The standard InChI is InChI=1S/C20H19N7O2/c21-18(29)16-12-27(14-5-2-1-3-6-14)19-15(17(16)28)11-24-20(25-19)23-7-4-9-26-10-8-22-13-26/h1-3,5-6,8,10-13H,4,7,9H2,(H2,21,29)(H,23,24,25). The molecule has 1 amide bonds. The summed E-state index contributed by atoms with van der Waals surface area (Å²) in [5.74, 6) is -0.387. The number of fused-ring (bicyclic) bond motifs is 1. The Kier molecular flexibility index (Phi) is 5.02. The van der Waals surface area contributed by atoms with Crippen molar-refractivity contribution in [2.24, 2.45) is 5.73 Å². The van der Waals surface area contributed by atoms with Crippen LogP contribution in [0.1, 0.15) is 16.8 Å². The van der Waals surface area contributed by atoms with E-state index in [1.54, 1.807) is 17.1 Å². The lowest BCUT2D eigenvalue weighted by Crippen LogP contribution is -2.24. The van der Waals surface area contributed by atoms with E-state index in [0.717, 1.165) is 18.7 Å². The number of aryl methyl sites for hydroxylation is 1. The number of amides is 1. The molecule has 3 aromatic heterocycles. The molecule has 146 valence electrons. The first kappa shape index (κ1) is 18.4. The van der Waals surface area contributed by atoms with E-state index >= 15 is 0 Å². The quantitative estimate of drug-likeness (QED) is 0.463. The van der Waals surface area contributed by atoms with Gasteiger partial charge in [0.2, 0.25) is 11.4 Å². The molecular formula is C20H19N7O2. The summed E-state index contributed by atoms with van der Waals surface area (Å²) in [6, 6.07) is 9.31. The minimum atomic E-state index is -0.789. The number of hydrogen-bond acceptors (Lipinski definition) is 6. The zero-order valence-corrected chi connectivity index (χ0v) is 15.5. The molecule has 29 heavy (non-hydrogen) atoms. The lowest BCUT2D eigenvalue weighted by Gasteiger charge is -2.13. The Morgan fingerprint density at radius 3 is 2.76 bits per heavy atom. The fourth-order valence-corrected chi connectivity index (χ4v) is 3.04. The third-order valence-electron chi connectivity index (χ3n) is 4.48. The molecular weight excluding hydrogens is 370 g/mol. The number of carbonyl (C=O) groups is 1. The van der Waals surface area contributed by atoms with Gasteiger partial charge in [-0.2, -0.15) is 4.98 Å². The lowest BCUT2D eigenvalue weighted by atomic mass is 10.2. The molecule has 3 N–H and O–H groups in total. The second-order valence-electron chi connectivity index (χ2n) is 6.45. The molecule has 0 unspecified atom stereocenters. The van der Waals surface area contributed by atoms with Crippen LogP contribution in [-0.4, -0.2) is 36.5 Å². The molecule has 4 rings (SSSR count). The Bertz CT molecular complexity index is 1200. The van der Waals surface area contributed by atoms with E-state index in [0.29, 0.717) is 18.1 Å². The third-order valence-corrected chi connectivity index (χ3v) is 4.48. The number of rotatable bonds is 7. The van der Waals surface area contributed by atoms with Gasteiger partial charge in [0.15, 0.2) is 5.65 Å². The number of carbonyl (C=O) groups excluding carboxylic acids is 1. The highest BCUT2D eigenvalue weighted by atomic mass is 16.2. The Labute approximate surface area is 165 Å². The fraction of sp³-hybridized carbons (Fsp3) is 0.150. The maximum atomic E-state index is 12.6. The van der Waals surface area contributed by atoms with Crippen LogP contribution in [0, 0.1) is 0 Å². The second kappa shape index (κ2) is 7.93. The van der Waals surface area contributed by atoms with E-state index in [1.165, 1.54) is 12.4 Å². The maximum absolute atomic E-state index is 12.6. The van der Waals surface area contributed by atoms with Crippen LogP contribution in [-0.2, 0) is 6.54 Å². The topological polar surface area (TPSA) is 121 Å². The van der Waals surface area contributed by atoms with Crippen LogP contribution in [0.15, 0.2) is 66.2 Å². The number of nitrogens with two attached hydrogens (primary N) is 1. The first-order valence-electron chi connectivity index (χ1n) is 9.11. The van der Waals surface area contributed by atoms with Gasteiger partial charge in [0.05, 0.1) is 11.7 Å². The average Bonchev–Trinajstić information content (AvgIpc) is 3.25. The number of hydrogen-bond donors (Lipinski definition) is 2. The van der Waals surface area contributed by atoms with Gasteiger partial charge < -0.3 is 20.2 Å². The highest BCUT2D eigenvalue weighted by Crippen LogP contribution is 2.17. The van der Waals surface area contributed by atoms with E-state index in [2.05, 4.69) is 20.3 Å². The molecule has 9 nitrogen and oxygen atoms in total. The van der Waals surface area contributed by atoms with E-state index < -0.39 is 11.3 Å². The van der Waals surface area contributed by atoms with Crippen LogP contribution in [0.5, 0.6) is 0 Å². The zero-order chi connectivity index (χ0) is 20.2. The number of aromatic nitrogens is 5. The summed E-state index contributed by atoms with van der Waals surface area (Å²) in [6.45, 7) is 1.47. The molecule has 0 radical (unpaired) electrons. The number of anilines is 1.